The van der Waals surface area contributed by atoms with E-state index in [1.807, 2.05) is 0 Å². The molecule has 0 aliphatic heterocycles. The molecule has 1 fully saturated rings. The van der Waals surface area contributed by atoms with Gasteiger partial charge in [-0.3, -0.25) is 9.59 Å². The van der Waals surface area contributed by atoms with Gasteiger partial charge in [-0.05, 0) is 37.1 Å². The number of rotatable bonds is 3. The summed E-state index contributed by atoms with van der Waals surface area (Å²) in [5.41, 5.74) is 0.487. The van der Waals surface area contributed by atoms with Crippen LogP contribution < -0.4 is 0 Å². The maximum absolute atomic E-state index is 12.7. The highest BCUT2D eigenvalue weighted by Gasteiger charge is 2.26. The van der Waals surface area contributed by atoms with Gasteiger partial charge in [-0.2, -0.15) is 0 Å². The first-order valence-corrected chi connectivity index (χ1v) is 5.48. The predicted octanol–water partition coefficient (Wildman–Crippen LogP) is 2.77. The van der Waals surface area contributed by atoms with Crippen LogP contribution in [0.4, 0.5) is 4.39 Å². The number of halogens is 1. The number of carbonyl (C=O) groups is 2. The molecule has 0 saturated heterocycles. The van der Waals surface area contributed by atoms with Gasteiger partial charge >= 0.3 is 0 Å². The fourth-order valence-electron chi connectivity index (χ4n) is 2.08. The van der Waals surface area contributed by atoms with Crippen molar-refractivity contribution in [3.63, 3.8) is 0 Å². The minimum absolute atomic E-state index is 0.0692. The van der Waals surface area contributed by atoms with E-state index in [2.05, 4.69) is 0 Å². The second-order valence-electron chi connectivity index (χ2n) is 4.19. The number of Topliss-reactive ketones (excluding diaryl/α,β-unsaturated/α-hetero) is 2. The van der Waals surface area contributed by atoms with Crippen LogP contribution in [0.5, 0.6) is 0 Å². The standard InChI is InChI=1S/C13H13FO2/c14-11-6-4-9(5-7-11)13(16)8-10-2-1-3-12(10)15/h4-7,10H,1-3,8H2/t10-/m0/s1. The van der Waals surface area contributed by atoms with E-state index in [0.29, 0.717) is 12.0 Å². The van der Waals surface area contributed by atoms with Crippen LogP contribution in [-0.4, -0.2) is 11.6 Å². The molecule has 1 aliphatic carbocycles. The van der Waals surface area contributed by atoms with Gasteiger partial charge in [0, 0.05) is 24.3 Å². The minimum Gasteiger partial charge on any atom is -0.299 e. The first-order chi connectivity index (χ1) is 7.66. The van der Waals surface area contributed by atoms with Crippen LogP contribution in [0.3, 0.4) is 0 Å². The van der Waals surface area contributed by atoms with Crippen LogP contribution in [-0.2, 0) is 4.79 Å². The van der Waals surface area contributed by atoms with Gasteiger partial charge in [0.2, 0.25) is 0 Å². The maximum Gasteiger partial charge on any atom is 0.163 e. The lowest BCUT2D eigenvalue weighted by Crippen LogP contribution is -2.12. The Hall–Kier alpha value is -1.51. The quantitative estimate of drug-likeness (QED) is 0.734. The number of benzene rings is 1. The van der Waals surface area contributed by atoms with Crippen molar-refractivity contribution in [2.24, 2.45) is 5.92 Å². The summed E-state index contributed by atoms with van der Waals surface area (Å²) in [7, 11) is 0. The Morgan fingerprint density at radius 1 is 1.31 bits per heavy atom. The largest absolute Gasteiger partial charge is 0.299 e. The summed E-state index contributed by atoms with van der Waals surface area (Å²) in [5.74, 6) is -0.346. The molecular formula is C13H13FO2. The fraction of sp³-hybridized carbons (Fsp3) is 0.385. The summed E-state index contributed by atoms with van der Waals surface area (Å²) in [6, 6.07) is 5.47. The van der Waals surface area contributed by atoms with E-state index in [1.54, 1.807) is 0 Å². The lowest BCUT2D eigenvalue weighted by Gasteiger charge is -2.06. The van der Waals surface area contributed by atoms with E-state index in [4.69, 9.17) is 0 Å². The van der Waals surface area contributed by atoms with E-state index in [1.165, 1.54) is 24.3 Å². The molecule has 1 aromatic carbocycles. The second kappa shape index (κ2) is 4.56. The number of ketones is 2. The molecule has 16 heavy (non-hydrogen) atoms. The highest BCUT2D eigenvalue weighted by atomic mass is 19.1. The summed E-state index contributed by atoms with van der Waals surface area (Å²) in [6.07, 6.45) is 2.57. The molecule has 3 heteroatoms. The zero-order valence-corrected chi connectivity index (χ0v) is 8.91. The number of hydrogen-bond donors (Lipinski definition) is 0. The first-order valence-electron chi connectivity index (χ1n) is 5.48. The molecule has 0 amide bonds. The highest BCUT2D eigenvalue weighted by molar-refractivity contribution is 5.99. The fourth-order valence-corrected chi connectivity index (χ4v) is 2.08. The van der Waals surface area contributed by atoms with Crippen LogP contribution >= 0.6 is 0 Å². The van der Waals surface area contributed by atoms with Gasteiger partial charge in [0.25, 0.3) is 0 Å². The molecule has 1 aliphatic rings. The molecule has 1 aromatic rings. The van der Waals surface area contributed by atoms with Crippen LogP contribution in [0.15, 0.2) is 24.3 Å². The van der Waals surface area contributed by atoms with Crippen molar-refractivity contribution in [3.05, 3.63) is 35.6 Å². The Kier molecular flexibility index (Phi) is 3.13. The van der Waals surface area contributed by atoms with E-state index < -0.39 is 0 Å². The van der Waals surface area contributed by atoms with E-state index in [-0.39, 0.29) is 29.7 Å². The summed E-state index contributed by atoms with van der Waals surface area (Å²) in [4.78, 5) is 23.2. The monoisotopic (exact) mass is 220 g/mol. The molecule has 1 atom stereocenters. The Bertz CT molecular complexity index is 408. The Morgan fingerprint density at radius 3 is 2.56 bits per heavy atom. The average Bonchev–Trinajstić information content (AvgIpc) is 2.65. The smallest absolute Gasteiger partial charge is 0.163 e. The molecule has 0 bridgehead atoms. The summed E-state index contributed by atoms with van der Waals surface area (Å²) < 4.78 is 12.7. The van der Waals surface area contributed by atoms with Crippen molar-refractivity contribution < 1.29 is 14.0 Å². The second-order valence-corrected chi connectivity index (χ2v) is 4.19. The number of carbonyl (C=O) groups excluding carboxylic acids is 2. The van der Waals surface area contributed by atoms with Gasteiger partial charge < -0.3 is 0 Å². The molecule has 0 heterocycles. The average molecular weight is 220 g/mol. The highest BCUT2D eigenvalue weighted by Crippen LogP contribution is 2.25. The molecule has 0 unspecified atom stereocenters. The lowest BCUT2D eigenvalue weighted by atomic mass is 9.96. The van der Waals surface area contributed by atoms with Crippen molar-refractivity contribution >= 4 is 11.6 Å². The van der Waals surface area contributed by atoms with Crippen LogP contribution in [0.25, 0.3) is 0 Å². The van der Waals surface area contributed by atoms with Gasteiger partial charge in [0.05, 0.1) is 0 Å². The van der Waals surface area contributed by atoms with Crippen LogP contribution in [0.1, 0.15) is 36.0 Å². The van der Waals surface area contributed by atoms with Gasteiger partial charge in [0.1, 0.15) is 11.6 Å². The van der Waals surface area contributed by atoms with Gasteiger partial charge in [-0.15, -0.1) is 0 Å². The summed E-state index contributed by atoms with van der Waals surface area (Å²) in [6.45, 7) is 0. The minimum atomic E-state index is -0.353. The third-order valence-electron chi connectivity index (χ3n) is 3.03. The summed E-state index contributed by atoms with van der Waals surface area (Å²) >= 11 is 0. The molecule has 0 aromatic heterocycles. The van der Waals surface area contributed by atoms with E-state index >= 15 is 0 Å². The topological polar surface area (TPSA) is 34.1 Å². The molecule has 0 spiro atoms. The third kappa shape index (κ3) is 2.35. The molecule has 0 N–H and O–H groups in total. The van der Waals surface area contributed by atoms with Gasteiger partial charge in [0.15, 0.2) is 5.78 Å². The Balaban J connectivity index is 2.02. The molecule has 1 saturated carbocycles. The molecule has 2 rings (SSSR count). The predicted molar refractivity (Wildman–Crippen MR) is 57.7 cm³/mol. The molecular weight excluding hydrogens is 207 g/mol. The zero-order chi connectivity index (χ0) is 11.5. The van der Waals surface area contributed by atoms with Crippen molar-refractivity contribution in [1.29, 1.82) is 0 Å². The van der Waals surface area contributed by atoms with E-state index in [9.17, 15) is 14.0 Å². The van der Waals surface area contributed by atoms with E-state index in [0.717, 1.165) is 12.8 Å². The normalized spacial score (nSPS) is 20.1. The van der Waals surface area contributed by atoms with Crippen molar-refractivity contribution in [2.45, 2.75) is 25.7 Å². The first kappa shape index (κ1) is 11.0. The van der Waals surface area contributed by atoms with Crippen molar-refractivity contribution in [2.75, 3.05) is 0 Å². The van der Waals surface area contributed by atoms with Crippen LogP contribution in [0.2, 0.25) is 0 Å². The van der Waals surface area contributed by atoms with Crippen molar-refractivity contribution in [3.8, 4) is 0 Å². The SMILES string of the molecule is O=C(C[C@@H]1CCCC1=O)c1ccc(F)cc1. The maximum atomic E-state index is 12.7. The Labute approximate surface area is 93.5 Å². The van der Waals surface area contributed by atoms with Crippen LogP contribution in [0, 0.1) is 11.7 Å². The molecule has 2 nitrogen and oxygen atoms in total. The third-order valence-corrected chi connectivity index (χ3v) is 3.03. The molecule has 0 radical (unpaired) electrons. The van der Waals surface area contributed by atoms with Gasteiger partial charge in [-0.1, -0.05) is 0 Å². The Morgan fingerprint density at radius 2 is 2.00 bits per heavy atom. The van der Waals surface area contributed by atoms with Gasteiger partial charge in [-0.25, -0.2) is 4.39 Å². The molecule has 84 valence electrons. The van der Waals surface area contributed by atoms with Crippen molar-refractivity contribution in [1.82, 2.24) is 0 Å². The zero-order valence-electron chi connectivity index (χ0n) is 8.91. The number of hydrogen-bond acceptors (Lipinski definition) is 2. The summed E-state index contributed by atoms with van der Waals surface area (Å²) in [5, 5.41) is 0. The lowest BCUT2D eigenvalue weighted by molar-refractivity contribution is -0.120.